The Bertz CT molecular complexity index is 714. The van der Waals surface area contributed by atoms with Gasteiger partial charge in [0, 0.05) is 39.0 Å². The summed E-state index contributed by atoms with van der Waals surface area (Å²) in [6.45, 7) is 11.9. The van der Waals surface area contributed by atoms with Gasteiger partial charge in [-0.3, -0.25) is 14.5 Å². The van der Waals surface area contributed by atoms with Gasteiger partial charge in [0.05, 0.1) is 12.1 Å². The summed E-state index contributed by atoms with van der Waals surface area (Å²) in [6, 6.07) is 0. The summed E-state index contributed by atoms with van der Waals surface area (Å²) < 4.78 is 0. The molecule has 0 aromatic carbocycles. The average molecular weight is 461 g/mol. The fraction of sp³-hybridized carbons (Fsp3) is 0.929. The van der Waals surface area contributed by atoms with Crippen molar-refractivity contribution in [3.8, 4) is 0 Å². The maximum atomic E-state index is 13.5. The maximum absolute atomic E-state index is 13.5. The van der Waals surface area contributed by atoms with Crippen LogP contribution >= 0.6 is 0 Å². The zero-order valence-electron chi connectivity index (χ0n) is 21.7. The summed E-state index contributed by atoms with van der Waals surface area (Å²) >= 11 is 0. The number of amides is 1. The zero-order chi connectivity index (χ0) is 23.8. The van der Waals surface area contributed by atoms with Gasteiger partial charge in [0.2, 0.25) is 5.91 Å². The lowest BCUT2D eigenvalue weighted by molar-refractivity contribution is -0.133. The highest BCUT2D eigenvalue weighted by atomic mass is 16.3. The molecule has 1 aliphatic heterocycles. The van der Waals surface area contributed by atoms with Crippen LogP contribution in [0.25, 0.3) is 0 Å². The van der Waals surface area contributed by atoms with E-state index in [0.29, 0.717) is 18.2 Å². The normalized spacial score (nSPS) is 38.9. The summed E-state index contributed by atoms with van der Waals surface area (Å²) in [5, 5.41) is 10.6. The first kappa shape index (κ1) is 25.2. The molecule has 0 bridgehead atoms. The monoisotopic (exact) mass is 460 g/mol. The molecule has 5 nitrogen and oxygen atoms in total. The number of aliphatic hydroxyl groups is 1. The summed E-state index contributed by atoms with van der Waals surface area (Å²) in [4.78, 5) is 29.3. The number of carbonyl (C=O) groups excluding carboxylic acids is 2. The van der Waals surface area contributed by atoms with E-state index in [0.717, 1.165) is 63.2 Å². The summed E-state index contributed by atoms with van der Waals surface area (Å²) in [6.07, 6.45) is 11.7. The number of rotatable bonds is 7. The Hall–Kier alpha value is -0.940. The molecule has 0 aromatic heterocycles. The van der Waals surface area contributed by atoms with Gasteiger partial charge < -0.3 is 10.0 Å². The Labute approximate surface area is 201 Å². The van der Waals surface area contributed by atoms with Crippen molar-refractivity contribution in [1.82, 2.24) is 9.80 Å². The predicted octanol–water partition coefficient (Wildman–Crippen LogP) is 4.52. The first-order valence-electron chi connectivity index (χ1n) is 13.9. The SMILES string of the molecule is CCC(C)(O)CCC1CCCC2C1CCC1(C)C(C(=O)CN3CCN(C(C)=O)CC3)CCC21. The largest absolute Gasteiger partial charge is 0.390 e. The van der Waals surface area contributed by atoms with E-state index < -0.39 is 5.60 Å². The molecular weight excluding hydrogens is 412 g/mol. The lowest BCUT2D eigenvalue weighted by Gasteiger charge is -2.53. The van der Waals surface area contributed by atoms with E-state index in [2.05, 4.69) is 18.7 Å². The topological polar surface area (TPSA) is 60.9 Å². The predicted molar refractivity (Wildman–Crippen MR) is 132 cm³/mol. The number of carbonyl (C=O) groups is 2. The van der Waals surface area contributed by atoms with Gasteiger partial charge in [-0.15, -0.1) is 0 Å². The summed E-state index contributed by atoms with van der Waals surface area (Å²) in [5.74, 6) is 3.88. The molecule has 4 fully saturated rings. The Morgan fingerprint density at radius 1 is 1.03 bits per heavy atom. The first-order chi connectivity index (χ1) is 15.6. The Morgan fingerprint density at radius 2 is 1.76 bits per heavy atom. The molecule has 0 radical (unpaired) electrons. The Morgan fingerprint density at radius 3 is 2.42 bits per heavy atom. The molecule has 33 heavy (non-hydrogen) atoms. The molecule has 188 valence electrons. The number of fused-ring (bicyclic) bond motifs is 3. The molecule has 5 heteroatoms. The van der Waals surface area contributed by atoms with Crippen LogP contribution in [0.1, 0.15) is 91.9 Å². The molecule has 4 aliphatic rings. The Kier molecular flexibility index (Phi) is 7.60. The van der Waals surface area contributed by atoms with Gasteiger partial charge in [-0.05, 0) is 87.4 Å². The smallest absolute Gasteiger partial charge is 0.219 e. The Balaban J connectivity index is 1.36. The quantitative estimate of drug-likeness (QED) is 0.607. The van der Waals surface area contributed by atoms with Crippen molar-refractivity contribution in [3.63, 3.8) is 0 Å². The van der Waals surface area contributed by atoms with Crippen LogP contribution in [0.3, 0.4) is 0 Å². The molecule has 0 spiro atoms. The molecule has 7 unspecified atom stereocenters. The van der Waals surface area contributed by atoms with Crippen LogP contribution < -0.4 is 0 Å². The van der Waals surface area contributed by atoms with Gasteiger partial charge >= 0.3 is 0 Å². The third-order valence-corrected chi connectivity index (χ3v) is 10.6. The van der Waals surface area contributed by atoms with Gasteiger partial charge in [0.15, 0.2) is 0 Å². The molecule has 1 N–H and O–H groups in total. The van der Waals surface area contributed by atoms with E-state index in [4.69, 9.17) is 0 Å². The van der Waals surface area contributed by atoms with E-state index in [1.165, 1.54) is 44.9 Å². The van der Waals surface area contributed by atoms with Crippen LogP contribution in [0, 0.1) is 35.0 Å². The molecule has 3 saturated carbocycles. The molecule has 1 amide bonds. The van der Waals surface area contributed by atoms with E-state index in [1.54, 1.807) is 6.92 Å². The standard InChI is InChI=1S/C28H48N2O3/c1-5-27(3,33)13-11-21-7-6-8-23-22(21)12-14-28(4)24(23)9-10-25(28)26(32)19-29-15-17-30(18-16-29)20(2)31/h21-25,33H,5-19H2,1-4H3. The molecule has 7 atom stereocenters. The van der Waals surface area contributed by atoms with Crippen molar-refractivity contribution in [2.45, 2.75) is 97.5 Å². The van der Waals surface area contributed by atoms with Gasteiger partial charge in [0.1, 0.15) is 5.78 Å². The fourth-order valence-electron chi connectivity index (χ4n) is 8.26. The summed E-state index contributed by atoms with van der Waals surface area (Å²) in [5.41, 5.74) is -0.340. The molecule has 4 rings (SSSR count). The number of ketones is 1. The second-order valence-corrected chi connectivity index (χ2v) is 12.4. The second kappa shape index (κ2) is 9.97. The van der Waals surface area contributed by atoms with Crippen molar-refractivity contribution in [1.29, 1.82) is 0 Å². The van der Waals surface area contributed by atoms with Crippen LogP contribution in [-0.2, 0) is 9.59 Å². The lowest BCUT2D eigenvalue weighted by Crippen LogP contribution is -2.51. The van der Waals surface area contributed by atoms with Crippen LogP contribution in [0.4, 0.5) is 0 Å². The van der Waals surface area contributed by atoms with Gasteiger partial charge in [-0.2, -0.15) is 0 Å². The van der Waals surface area contributed by atoms with E-state index in [9.17, 15) is 14.7 Å². The second-order valence-electron chi connectivity index (χ2n) is 12.4. The number of nitrogens with zero attached hydrogens (tertiary/aromatic N) is 2. The minimum Gasteiger partial charge on any atom is -0.390 e. The van der Waals surface area contributed by atoms with Gasteiger partial charge in [-0.25, -0.2) is 0 Å². The molecular formula is C28H48N2O3. The molecule has 1 heterocycles. The highest BCUT2D eigenvalue weighted by Crippen LogP contribution is 2.63. The van der Waals surface area contributed by atoms with Gasteiger partial charge in [-0.1, -0.05) is 26.7 Å². The average Bonchev–Trinajstić information content (AvgIpc) is 3.15. The van der Waals surface area contributed by atoms with Crippen molar-refractivity contribution in [2.75, 3.05) is 32.7 Å². The number of piperazine rings is 1. The fourth-order valence-corrected chi connectivity index (χ4v) is 8.26. The molecule has 3 aliphatic carbocycles. The van der Waals surface area contributed by atoms with E-state index >= 15 is 0 Å². The number of Topliss-reactive ketones (excluding diaryl/α,β-unsaturated/α-hetero) is 1. The molecule has 1 saturated heterocycles. The minimum atomic E-state index is -0.517. The third-order valence-electron chi connectivity index (χ3n) is 10.6. The lowest BCUT2D eigenvalue weighted by atomic mass is 9.52. The van der Waals surface area contributed by atoms with Gasteiger partial charge in [0.25, 0.3) is 0 Å². The minimum absolute atomic E-state index is 0.146. The van der Waals surface area contributed by atoms with Crippen molar-refractivity contribution in [3.05, 3.63) is 0 Å². The zero-order valence-corrected chi connectivity index (χ0v) is 21.7. The van der Waals surface area contributed by atoms with Crippen molar-refractivity contribution < 1.29 is 14.7 Å². The summed E-state index contributed by atoms with van der Waals surface area (Å²) in [7, 11) is 0. The van der Waals surface area contributed by atoms with Crippen LogP contribution in [0.15, 0.2) is 0 Å². The highest BCUT2D eigenvalue weighted by Gasteiger charge is 2.57. The maximum Gasteiger partial charge on any atom is 0.219 e. The van der Waals surface area contributed by atoms with Crippen molar-refractivity contribution in [2.24, 2.45) is 35.0 Å². The van der Waals surface area contributed by atoms with Crippen LogP contribution in [0.5, 0.6) is 0 Å². The van der Waals surface area contributed by atoms with E-state index in [-0.39, 0.29) is 17.2 Å². The highest BCUT2D eigenvalue weighted by molar-refractivity contribution is 5.84. The van der Waals surface area contributed by atoms with Crippen molar-refractivity contribution >= 4 is 11.7 Å². The number of hydrogen-bond donors (Lipinski definition) is 1. The number of hydrogen-bond acceptors (Lipinski definition) is 4. The molecule has 0 aromatic rings. The first-order valence-corrected chi connectivity index (χ1v) is 13.9. The van der Waals surface area contributed by atoms with Crippen LogP contribution in [0.2, 0.25) is 0 Å². The third kappa shape index (κ3) is 5.19. The van der Waals surface area contributed by atoms with Crippen LogP contribution in [-0.4, -0.2) is 64.9 Å². The van der Waals surface area contributed by atoms with E-state index in [1.807, 2.05) is 11.8 Å².